The van der Waals surface area contributed by atoms with Crippen LogP contribution in [0.25, 0.3) is 28.2 Å². The molecular weight excluding hydrogens is 282 g/mol. The Kier molecular flexibility index (Phi) is 2.93. The van der Waals surface area contributed by atoms with Gasteiger partial charge in [-0.25, -0.2) is 9.97 Å². The van der Waals surface area contributed by atoms with E-state index in [9.17, 15) is 0 Å². The molecule has 0 radical (unpaired) electrons. The molecule has 0 unspecified atom stereocenters. The Morgan fingerprint density at radius 2 is 1.65 bits per heavy atom. The molecule has 2 aromatic carbocycles. The van der Waals surface area contributed by atoms with Gasteiger partial charge in [0.25, 0.3) is 0 Å². The molecule has 0 atom stereocenters. The van der Waals surface area contributed by atoms with Crippen molar-refractivity contribution in [3.63, 3.8) is 0 Å². The molecule has 2 aromatic heterocycles. The molecule has 0 aliphatic heterocycles. The second-order valence-electron chi connectivity index (χ2n) is 5.65. The van der Waals surface area contributed by atoms with Crippen molar-refractivity contribution in [1.29, 1.82) is 0 Å². The highest BCUT2D eigenvalue weighted by Gasteiger charge is 2.14. The van der Waals surface area contributed by atoms with Crippen molar-refractivity contribution in [3.05, 3.63) is 78.0 Å². The number of pyridine rings is 1. The number of nitrogens with zero attached hydrogens (tertiary/aromatic N) is 3. The first-order valence-electron chi connectivity index (χ1n) is 8.26. The molecule has 112 valence electrons. The third-order valence-corrected chi connectivity index (χ3v) is 3.92. The molecule has 4 aromatic rings. The van der Waals surface area contributed by atoms with Gasteiger partial charge in [-0.3, -0.25) is 4.57 Å². The Hall–Kier alpha value is -2.94. The number of benzene rings is 2. The van der Waals surface area contributed by atoms with Crippen molar-refractivity contribution in [1.82, 2.24) is 14.5 Å². The Bertz CT molecular complexity index is 986. The SMILES string of the molecule is [2H]Cc1ccc(-c2nc3cccnc3n2-c2ccc(C)cc2)cc1. The molecule has 0 fully saturated rings. The van der Waals surface area contributed by atoms with Gasteiger partial charge in [-0.05, 0) is 38.1 Å². The van der Waals surface area contributed by atoms with Gasteiger partial charge in [-0.2, -0.15) is 0 Å². The van der Waals surface area contributed by atoms with Crippen molar-refractivity contribution in [2.24, 2.45) is 0 Å². The molecule has 23 heavy (non-hydrogen) atoms. The zero-order valence-electron chi connectivity index (χ0n) is 13.9. The molecule has 3 nitrogen and oxygen atoms in total. The molecule has 4 rings (SSSR count). The average Bonchev–Trinajstić information content (AvgIpc) is 3.02. The van der Waals surface area contributed by atoms with Crippen LogP contribution in [0.3, 0.4) is 0 Å². The summed E-state index contributed by atoms with van der Waals surface area (Å²) in [5.74, 6) is 0.865. The van der Waals surface area contributed by atoms with Crippen LogP contribution in [-0.2, 0) is 0 Å². The molecule has 0 amide bonds. The van der Waals surface area contributed by atoms with Crippen molar-refractivity contribution in [3.8, 4) is 17.1 Å². The van der Waals surface area contributed by atoms with Crippen molar-refractivity contribution in [2.75, 3.05) is 0 Å². The van der Waals surface area contributed by atoms with Crippen LogP contribution >= 0.6 is 0 Å². The van der Waals surface area contributed by atoms with Crippen LogP contribution in [0, 0.1) is 13.8 Å². The number of hydrogen-bond donors (Lipinski definition) is 0. The lowest BCUT2D eigenvalue weighted by molar-refractivity contribution is 1.07. The first-order valence-corrected chi connectivity index (χ1v) is 7.55. The highest BCUT2D eigenvalue weighted by Crippen LogP contribution is 2.27. The van der Waals surface area contributed by atoms with E-state index in [1.165, 1.54) is 5.56 Å². The lowest BCUT2D eigenvalue weighted by atomic mass is 10.1. The predicted octanol–water partition coefficient (Wildman–Crippen LogP) is 4.70. The lowest BCUT2D eigenvalue weighted by Gasteiger charge is -2.09. The summed E-state index contributed by atoms with van der Waals surface area (Å²) < 4.78 is 9.56. The van der Waals surface area contributed by atoms with Gasteiger partial charge in [-0.15, -0.1) is 0 Å². The van der Waals surface area contributed by atoms with E-state index in [1.807, 2.05) is 36.4 Å². The minimum atomic E-state index is 0.288. The quantitative estimate of drug-likeness (QED) is 0.537. The molecule has 0 spiro atoms. The van der Waals surface area contributed by atoms with Crippen molar-refractivity contribution >= 4 is 11.2 Å². The van der Waals surface area contributed by atoms with Crippen molar-refractivity contribution < 1.29 is 1.37 Å². The molecule has 3 heteroatoms. The standard InChI is InChI=1S/C20H17N3/c1-14-5-9-16(10-6-14)19-22-18-4-3-13-21-20(18)23(19)17-11-7-15(2)8-12-17/h3-13H,1-2H3/i1D. The maximum atomic E-state index is 7.47. The van der Waals surface area contributed by atoms with E-state index in [2.05, 4.69) is 40.7 Å². The van der Waals surface area contributed by atoms with Crippen LogP contribution in [-0.4, -0.2) is 14.5 Å². The van der Waals surface area contributed by atoms with Gasteiger partial charge in [0.1, 0.15) is 11.3 Å². The summed E-state index contributed by atoms with van der Waals surface area (Å²) in [6, 6.07) is 20.3. The maximum Gasteiger partial charge on any atom is 0.164 e. The number of hydrogen-bond acceptors (Lipinski definition) is 2. The van der Waals surface area contributed by atoms with E-state index >= 15 is 0 Å². The molecule has 0 saturated carbocycles. The van der Waals surface area contributed by atoms with Gasteiger partial charge in [0.15, 0.2) is 5.65 Å². The number of rotatable bonds is 2. The van der Waals surface area contributed by atoms with Crippen LogP contribution in [0.4, 0.5) is 0 Å². The van der Waals surface area contributed by atoms with Gasteiger partial charge < -0.3 is 0 Å². The van der Waals surface area contributed by atoms with E-state index in [1.54, 1.807) is 6.20 Å². The zero-order valence-corrected chi connectivity index (χ0v) is 12.9. The highest BCUT2D eigenvalue weighted by atomic mass is 15.1. The Morgan fingerprint density at radius 3 is 2.39 bits per heavy atom. The first kappa shape index (κ1) is 12.6. The summed E-state index contributed by atoms with van der Waals surface area (Å²) in [5.41, 5.74) is 6.00. The van der Waals surface area contributed by atoms with E-state index < -0.39 is 0 Å². The molecule has 0 bridgehead atoms. The monoisotopic (exact) mass is 300 g/mol. The summed E-state index contributed by atoms with van der Waals surface area (Å²) >= 11 is 0. The highest BCUT2D eigenvalue weighted by molar-refractivity contribution is 5.79. The fourth-order valence-corrected chi connectivity index (χ4v) is 2.70. The summed E-state index contributed by atoms with van der Waals surface area (Å²) in [4.78, 5) is 9.32. The molecule has 0 aliphatic carbocycles. The molecular formula is C20H17N3. The summed E-state index contributed by atoms with van der Waals surface area (Å²) in [6.07, 6.45) is 1.79. The zero-order chi connectivity index (χ0) is 16.5. The minimum absolute atomic E-state index is 0.288. The van der Waals surface area contributed by atoms with Crippen LogP contribution in [0.15, 0.2) is 66.9 Å². The normalized spacial score (nSPS) is 11.6. The maximum absolute atomic E-state index is 7.47. The topological polar surface area (TPSA) is 30.7 Å². The van der Waals surface area contributed by atoms with E-state index in [0.717, 1.165) is 33.8 Å². The number of fused-ring (bicyclic) bond motifs is 1. The average molecular weight is 300 g/mol. The minimum Gasteiger partial charge on any atom is -0.277 e. The third-order valence-electron chi connectivity index (χ3n) is 3.92. The van der Waals surface area contributed by atoms with Crippen molar-refractivity contribution in [2.45, 2.75) is 13.8 Å². The van der Waals surface area contributed by atoms with E-state index in [0.29, 0.717) is 0 Å². The van der Waals surface area contributed by atoms with Gasteiger partial charge in [-0.1, -0.05) is 47.5 Å². The lowest BCUT2D eigenvalue weighted by Crippen LogP contribution is -1.98. The van der Waals surface area contributed by atoms with Crippen LogP contribution in [0.2, 0.25) is 0 Å². The van der Waals surface area contributed by atoms with Gasteiger partial charge in [0.05, 0.1) is 0 Å². The Labute approximate surface area is 136 Å². The Morgan fingerprint density at radius 1 is 0.913 bits per heavy atom. The third kappa shape index (κ3) is 2.40. The molecule has 0 aliphatic rings. The smallest absolute Gasteiger partial charge is 0.164 e. The van der Waals surface area contributed by atoms with Crippen LogP contribution in [0.5, 0.6) is 0 Å². The van der Waals surface area contributed by atoms with E-state index in [4.69, 9.17) is 6.35 Å². The second kappa shape index (κ2) is 5.36. The largest absolute Gasteiger partial charge is 0.277 e. The second-order valence-corrected chi connectivity index (χ2v) is 5.65. The Balaban J connectivity index is 1.97. The van der Waals surface area contributed by atoms with Gasteiger partial charge in [0, 0.05) is 18.8 Å². The van der Waals surface area contributed by atoms with E-state index in [-0.39, 0.29) is 6.90 Å². The predicted molar refractivity (Wildman–Crippen MR) is 93.8 cm³/mol. The number of aryl methyl sites for hydroxylation is 2. The molecule has 0 saturated heterocycles. The van der Waals surface area contributed by atoms with Gasteiger partial charge >= 0.3 is 0 Å². The van der Waals surface area contributed by atoms with Crippen LogP contribution < -0.4 is 0 Å². The fraction of sp³-hybridized carbons (Fsp3) is 0.100. The number of imidazole rings is 1. The summed E-state index contributed by atoms with van der Waals surface area (Å²) in [7, 11) is 0. The summed E-state index contributed by atoms with van der Waals surface area (Å²) in [5, 5.41) is 0. The fourth-order valence-electron chi connectivity index (χ4n) is 2.70. The molecule has 0 N–H and O–H groups in total. The van der Waals surface area contributed by atoms with Crippen LogP contribution in [0.1, 0.15) is 12.5 Å². The number of aromatic nitrogens is 3. The van der Waals surface area contributed by atoms with Gasteiger partial charge in [0.2, 0.25) is 0 Å². The first-order chi connectivity index (χ1) is 11.8. The molecule has 2 heterocycles. The summed E-state index contributed by atoms with van der Waals surface area (Å²) in [6.45, 7) is 2.37.